The molecule has 0 radical (unpaired) electrons. The van der Waals surface area contributed by atoms with Crippen LogP contribution < -0.4 is 20.1 Å². The third-order valence-electron chi connectivity index (χ3n) is 5.59. The van der Waals surface area contributed by atoms with Gasteiger partial charge in [-0.15, -0.1) is 0 Å². The highest BCUT2D eigenvalue weighted by molar-refractivity contribution is 7.88. The van der Waals surface area contributed by atoms with Gasteiger partial charge in [-0.3, -0.25) is 0 Å². The van der Waals surface area contributed by atoms with E-state index in [1.807, 2.05) is 6.07 Å². The number of nitrogens with one attached hydrogen (secondary N) is 1. The molecule has 0 aliphatic carbocycles. The molecule has 2 aliphatic heterocycles. The molecule has 13 heteroatoms. The first-order chi connectivity index (χ1) is 15.7. The second kappa shape index (κ2) is 11.2. The molecule has 0 bridgehead atoms. The van der Waals surface area contributed by atoms with Crippen LogP contribution in [0.2, 0.25) is 0 Å². The number of hydrogen-bond acceptors (Lipinski definition) is 9. The van der Waals surface area contributed by atoms with Crippen molar-refractivity contribution in [2.75, 3.05) is 69.9 Å². The van der Waals surface area contributed by atoms with Crippen LogP contribution in [-0.2, 0) is 14.8 Å². The molecule has 2 fully saturated rings. The molecule has 1 aromatic carbocycles. The summed E-state index contributed by atoms with van der Waals surface area (Å²) in [5.74, 6) is 1.02. The summed E-state index contributed by atoms with van der Waals surface area (Å²) in [6.07, 6.45) is 1.66. The molecular weight excluding hydrogens is 470 g/mol. The monoisotopic (exact) mass is 501 g/mol. The van der Waals surface area contributed by atoms with Crippen molar-refractivity contribution in [3.63, 3.8) is 0 Å². The van der Waals surface area contributed by atoms with E-state index in [0.29, 0.717) is 24.8 Å². The molecule has 11 nitrogen and oxygen atoms in total. The number of nitrogens with two attached hydrogens (primary N) is 1. The quantitative estimate of drug-likeness (QED) is 0.556. The van der Waals surface area contributed by atoms with Crippen LogP contribution in [0, 0.1) is 5.92 Å². The van der Waals surface area contributed by atoms with Crippen molar-refractivity contribution in [3.05, 3.63) is 12.1 Å². The number of carboxylic acid groups (broad SMARTS) is 1. The minimum absolute atomic E-state index is 0.246. The van der Waals surface area contributed by atoms with Gasteiger partial charge in [0.1, 0.15) is 11.3 Å². The Balaban J connectivity index is 0.000000190. The predicted molar refractivity (Wildman–Crippen MR) is 129 cm³/mol. The van der Waals surface area contributed by atoms with Gasteiger partial charge in [-0.25, -0.2) is 22.9 Å². The summed E-state index contributed by atoms with van der Waals surface area (Å²) in [6.45, 7) is 4.73. The van der Waals surface area contributed by atoms with E-state index in [4.69, 9.17) is 20.3 Å². The van der Waals surface area contributed by atoms with Crippen LogP contribution in [0.3, 0.4) is 0 Å². The fourth-order valence-corrected chi connectivity index (χ4v) is 5.23. The third kappa shape index (κ3) is 7.06. The second-order valence-electron chi connectivity index (χ2n) is 7.95. The number of thiazole rings is 1. The number of rotatable bonds is 5. The summed E-state index contributed by atoms with van der Waals surface area (Å²) in [6, 6.07) is 4.02. The Morgan fingerprint density at radius 1 is 1.30 bits per heavy atom. The van der Waals surface area contributed by atoms with Crippen LogP contribution in [0.1, 0.15) is 12.8 Å². The highest BCUT2D eigenvalue weighted by Gasteiger charge is 2.22. The zero-order valence-electron chi connectivity index (χ0n) is 18.8. The Morgan fingerprint density at radius 3 is 2.55 bits per heavy atom. The number of likely N-dealkylation sites (tertiary alicyclic amines) is 1. The van der Waals surface area contributed by atoms with E-state index in [-0.39, 0.29) is 5.92 Å². The lowest BCUT2D eigenvalue weighted by atomic mass is 9.97. The van der Waals surface area contributed by atoms with Gasteiger partial charge < -0.3 is 30.1 Å². The summed E-state index contributed by atoms with van der Waals surface area (Å²) in [5, 5.41) is 9.27. The number of ether oxygens (including phenoxy) is 2. The Bertz CT molecular complexity index is 1050. The van der Waals surface area contributed by atoms with Crippen molar-refractivity contribution in [1.29, 1.82) is 0 Å². The lowest BCUT2D eigenvalue weighted by Crippen LogP contribution is -2.40. The molecule has 1 amide bonds. The number of morpholine rings is 1. The maximum Gasteiger partial charge on any atom is 0.407 e. The minimum atomic E-state index is -3.13. The number of benzene rings is 1. The van der Waals surface area contributed by atoms with Gasteiger partial charge in [0.2, 0.25) is 10.0 Å². The molecule has 2 aromatic rings. The van der Waals surface area contributed by atoms with Crippen LogP contribution >= 0.6 is 11.3 Å². The fraction of sp³-hybridized carbons (Fsp3) is 0.600. The van der Waals surface area contributed by atoms with Gasteiger partial charge in [-0.1, -0.05) is 11.3 Å². The fourth-order valence-electron chi connectivity index (χ4n) is 3.80. The number of aromatic nitrogens is 1. The molecule has 2 saturated heterocycles. The number of anilines is 2. The van der Waals surface area contributed by atoms with Crippen LogP contribution in [0.5, 0.6) is 5.75 Å². The van der Waals surface area contributed by atoms with Crippen LogP contribution in [0.15, 0.2) is 12.1 Å². The van der Waals surface area contributed by atoms with Gasteiger partial charge >= 0.3 is 6.09 Å². The van der Waals surface area contributed by atoms with E-state index in [1.165, 1.54) is 21.9 Å². The normalized spacial score (nSPS) is 17.5. The van der Waals surface area contributed by atoms with Crippen LogP contribution in [-0.4, -0.2) is 88.8 Å². The first kappa shape index (κ1) is 25.3. The zero-order valence-corrected chi connectivity index (χ0v) is 20.5. The van der Waals surface area contributed by atoms with E-state index in [9.17, 15) is 13.2 Å². The summed E-state index contributed by atoms with van der Waals surface area (Å²) in [7, 11) is -1.48. The lowest BCUT2D eigenvalue weighted by Gasteiger charge is -2.29. The van der Waals surface area contributed by atoms with Gasteiger partial charge in [0.05, 0.1) is 37.0 Å². The van der Waals surface area contributed by atoms with E-state index in [1.54, 1.807) is 7.11 Å². The molecule has 4 rings (SSSR count). The minimum Gasteiger partial charge on any atom is -0.494 e. The first-order valence-electron chi connectivity index (χ1n) is 10.7. The van der Waals surface area contributed by atoms with Gasteiger partial charge in [0, 0.05) is 32.7 Å². The average molecular weight is 502 g/mol. The zero-order chi connectivity index (χ0) is 24.0. The van der Waals surface area contributed by atoms with Crippen molar-refractivity contribution in [3.8, 4) is 5.75 Å². The third-order valence-corrected chi connectivity index (χ3v) is 7.19. The molecule has 1 aromatic heterocycles. The van der Waals surface area contributed by atoms with Crippen molar-refractivity contribution in [2.24, 2.45) is 5.92 Å². The van der Waals surface area contributed by atoms with Crippen molar-refractivity contribution >= 4 is 48.5 Å². The van der Waals surface area contributed by atoms with Crippen LogP contribution in [0.4, 0.5) is 15.6 Å². The summed E-state index contributed by atoms with van der Waals surface area (Å²) in [5.41, 5.74) is 7.84. The number of piperidine rings is 1. The molecule has 2 aliphatic rings. The van der Waals surface area contributed by atoms with Gasteiger partial charge in [0.15, 0.2) is 5.13 Å². The van der Waals surface area contributed by atoms with Crippen molar-refractivity contribution in [1.82, 2.24) is 14.6 Å². The van der Waals surface area contributed by atoms with Gasteiger partial charge in [-0.05, 0) is 30.9 Å². The largest absolute Gasteiger partial charge is 0.494 e. The molecular formula is C20H31N5O6S2. The smallest absolute Gasteiger partial charge is 0.407 e. The lowest BCUT2D eigenvalue weighted by molar-refractivity contribution is 0.123. The summed E-state index contributed by atoms with van der Waals surface area (Å²) >= 11 is 1.51. The molecule has 3 heterocycles. The SMILES string of the molecule is COc1ccc(N2CCOCC2)c2sc(N)nc12.CS(=O)(=O)NCC1CCN(C(=O)O)CC1. The van der Waals surface area contributed by atoms with E-state index < -0.39 is 16.1 Å². The molecule has 4 N–H and O–H groups in total. The van der Waals surface area contributed by atoms with Crippen molar-refractivity contribution < 1.29 is 27.8 Å². The number of carbonyl (C=O) groups is 1. The summed E-state index contributed by atoms with van der Waals surface area (Å²) in [4.78, 5) is 18.6. The number of nitrogen functional groups attached to an aromatic ring is 1. The number of fused-ring (bicyclic) bond motifs is 1. The number of nitrogens with zero attached hydrogens (tertiary/aromatic N) is 3. The molecule has 33 heavy (non-hydrogen) atoms. The van der Waals surface area contributed by atoms with Crippen molar-refractivity contribution in [2.45, 2.75) is 12.8 Å². The highest BCUT2D eigenvalue weighted by atomic mass is 32.2. The summed E-state index contributed by atoms with van der Waals surface area (Å²) < 4.78 is 35.9. The van der Waals surface area contributed by atoms with E-state index >= 15 is 0 Å². The van der Waals surface area contributed by atoms with Gasteiger partial charge in [-0.2, -0.15) is 0 Å². The van der Waals surface area contributed by atoms with Gasteiger partial charge in [0.25, 0.3) is 0 Å². The Morgan fingerprint density at radius 2 is 1.97 bits per heavy atom. The number of amides is 1. The second-order valence-corrected chi connectivity index (χ2v) is 10.8. The first-order valence-corrected chi connectivity index (χ1v) is 13.4. The molecule has 184 valence electrons. The number of hydrogen-bond donors (Lipinski definition) is 3. The maximum absolute atomic E-state index is 10.8. The Hall–Kier alpha value is -2.35. The Kier molecular flexibility index (Phi) is 8.57. The maximum atomic E-state index is 10.8. The standard InChI is InChI=1S/C12H15N3O2S.C8H16N2O4S/c1-16-9-3-2-8(15-4-6-17-7-5-15)11-10(9)14-12(13)18-11;1-15(13,14)9-6-7-2-4-10(5-3-7)8(11)12/h2-3H,4-7H2,1H3,(H2,13,14);7,9H,2-6H2,1H3,(H,11,12). The molecule has 0 saturated carbocycles. The number of methoxy groups -OCH3 is 1. The number of sulfonamides is 1. The topological polar surface area (TPSA) is 147 Å². The Labute approximate surface area is 197 Å². The average Bonchev–Trinajstić information content (AvgIpc) is 3.19. The predicted octanol–water partition coefficient (Wildman–Crippen LogP) is 1.65. The molecule has 0 unspecified atom stereocenters. The molecule has 0 atom stereocenters. The van der Waals surface area contributed by atoms with E-state index in [2.05, 4.69) is 20.7 Å². The highest BCUT2D eigenvalue weighted by Crippen LogP contribution is 2.38. The van der Waals surface area contributed by atoms with E-state index in [0.717, 1.165) is 61.4 Å². The van der Waals surface area contributed by atoms with Crippen LogP contribution in [0.25, 0.3) is 10.2 Å². The molecule has 0 spiro atoms.